The molecule has 110 valence electrons. The van der Waals surface area contributed by atoms with Crippen LogP contribution < -0.4 is 0 Å². The minimum Gasteiger partial charge on any atom is -0.373 e. The molecule has 2 rings (SSSR count). The van der Waals surface area contributed by atoms with Crippen molar-refractivity contribution in [3.63, 3.8) is 0 Å². The van der Waals surface area contributed by atoms with Gasteiger partial charge in [-0.05, 0) is 56.9 Å². The topological polar surface area (TPSA) is 29.5 Å². The average Bonchev–Trinajstić information content (AvgIpc) is 2.33. The fraction of sp³-hybridized carbons (Fsp3) is 0.588. The average molecular weight is 275 g/mol. The predicted octanol–water partition coefficient (Wildman–Crippen LogP) is 3.03. The number of carbonyl (C=O) groups is 1. The van der Waals surface area contributed by atoms with Crippen LogP contribution in [0.25, 0.3) is 0 Å². The van der Waals surface area contributed by atoms with Crippen molar-refractivity contribution in [2.75, 3.05) is 13.1 Å². The van der Waals surface area contributed by atoms with Crippen LogP contribution in [0.5, 0.6) is 0 Å². The summed E-state index contributed by atoms with van der Waals surface area (Å²) in [6, 6.07) is 2.12. The van der Waals surface area contributed by atoms with Gasteiger partial charge in [0.25, 0.3) is 0 Å². The maximum Gasteiger partial charge on any atom is 0.150 e. The highest BCUT2D eigenvalue weighted by Gasteiger charge is 2.23. The van der Waals surface area contributed by atoms with Crippen molar-refractivity contribution < 1.29 is 9.53 Å². The molecule has 1 saturated heterocycles. The van der Waals surface area contributed by atoms with Gasteiger partial charge in [0.1, 0.15) is 0 Å². The highest BCUT2D eigenvalue weighted by molar-refractivity contribution is 5.80. The van der Waals surface area contributed by atoms with Crippen molar-refractivity contribution in [1.82, 2.24) is 4.90 Å². The molecule has 0 amide bonds. The molecular weight excluding hydrogens is 250 g/mol. The first-order chi connectivity index (χ1) is 9.42. The summed E-state index contributed by atoms with van der Waals surface area (Å²) in [4.78, 5) is 13.7. The van der Waals surface area contributed by atoms with Gasteiger partial charge in [0.2, 0.25) is 0 Å². The third-order valence-electron chi connectivity index (χ3n) is 4.19. The summed E-state index contributed by atoms with van der Waals surface area (Å²) < 4.78 is 5.78. The van der Waals surface area contributed by atoms with Crippen LogP contribution in [-0.4, -0.2) is 36.5 Å². The maximum absolute atomic E-state index is 11.3. The van der Waals surface area contributed by atoms with Crippen LogP contribution in [0.4, 0.5) is 0 Å². The third-order valence-corrected chi connectivity index (χ3v) is 4.19. The van der Waals surface area contributed by atoms with E-state index >= 15 is 0 Å². The molecule has 2 unspecified atom stereocenters. The number of carbonyl (C=O) groups excluding carboxylic acids is 1. The second-order valence-corrected chi connectivity index (χ2v) is 6.10. The predicted molar refractivity (Wildman–Crippen MR) is 81.3 cm³/mol. The van der Waals surface area contributed by atoms with Crippen LogP contribution >= 0.6 is 0 Å². The number of morpholine rings is 1. The third kappa shape index (κ3) is 3.10. The molecule has 0 bridgehead atoms. The minimum atomic E-state index is 0.273. The van der Waals surface area contributed by atoms with Crippen LogP contribution in [0.2, 0.25) is 0 Å². The lowest BCUT2D eigenvalue weighted by atomic mass is 9.93. The molecule has 3 heteroatoms. The van der Waals surface area contributed by atoms with Gasteiger partial charge in [-0.2, -0.15) is 0 Å². The molecule has 1 aromatic rings. The maximum atomic E-state index is 11.3. The van der Waals surface area contributed by atoms with Crippen LogP contribution in [0.1, 0.15) is 46.5 Å². The van der Waals surface area contributed by atoms with Gasteiger partial charge in [-0.1, -0.05) is 6.07 Å². The molecule has 0 spiro atoms. The lowest BCUT2D eigenvalue weighted by Gasteiger charge is -2.36. The number of benzene rings is 1. The van der Waals surface area contributed by atoms with Gasteiger partial charge in [0.05, 0.1) is 12.2 Å². The number of aryl methyl sites for hydroxylation is 2. The quantitative estimate of drug-likeness (QED) is 0.794. The summed E-state index contributed by atoms with van der Waals surface area (Å²) in [5.74, 6) is 0. The van der Waals surface area contributed by atoms with Crippen LogP contribution in [0.15, 0.2) is 6.07 Å². The molecule has 0 N–H and O–H groups in total. The Hall–Kier alpha value is -1.19. The molecule has 2 atom stereocenters. The number of aldehydes is 1. The van der Waals surface area contributed by atoms with Crippen molar-refractivity contribution in [3.05, 3.63) is 33.9 Å². The van der Waals surface area contributed by atoms with E-state index in [0.717, 1.165) is 42.6 Å². The molecule has 20 heavy (non-hydrogen) atoms. The molecular formula is C17H25NO2. The molecule has 0 aliphatic carbocycles. The Bertz CT molecular complexity index is 500. The van der Waals surface area contributed by atoms with E-state index < -0.39 is 0 Å². The van der Waals surface area contributed by atoms with E-state index in [4.69, 9.17) is 4.74 Å². The first-order valence-corrected chi connectivity index (χ1v) is 7.35. The second-order valence-electron chi connectivity index (χ2n) is 6.10. The van der Waals surface area contributed by atoms with E-state index in [1.54, 1.807) is 0 Å². The van der Waals surface area contributed by atoms with Crippen LogP contribution in [0.3, 0.4) is 0 Å². The molecule has 1 aliphatic heterocycles. The summed E-state index contributed by atoms with van der Waals surface area (Å²) in [6.07, 6.45) is 1.53. The summed E-state index contributed by atoms with van der Waals surface area (Å²) >= 11 is 0. The summed E-state index contributed by atoms with van der Waals surface area (Å²) in [6.45, 7) is 13.2. The first kappa shape index (κ1) is 15.2. The zero-order valence-electron chi connectivity index (χ0n) is 13.2. The van der Waals surface area contributed by atoms with E-state index in [1.165, 1.54) is 11.1 Å². The smallest absolute Gasteiger partial charge is 0.150 e. The standard InChI is InChI=1S/C17H25NO2/c1-11-6-12(2)17(10-19)15(5)16(11)9-18-7-13(3)20-14(4)8-18/h6,10,13-14H,7-9H2,1-5H3. The molecule has 1 fully saturated rings. The summed E-state index contributed by atoms with van der Waals surface area (Å²) in [7, 11) is 0. The van der Waals surface area contributed by atoms with Gasteiger partial charge < -0.3 is 4.74 Å². The minimum absolute atomic E-state index is 0.273. The zero-order valence-corrected chi connectivity index (χ0v) is 13.2. The molecule has 3 nitrogen and oxygen atoms in total. The Morgan fingerprint density at radius 3 is 2.35 bits per heavy atom. The first-order valence-electron chi connectivity index (χ1n) is 7.35. The zero-order chi connectivity index (χ0) is 14.9. The van der Waals surface area contributed by atoms with E-state index in [-0.39, 0.29) is 12.2 Å². The van der Waals surface area contributed by atoms with E-state index in [9.17, 15) is 4.79 Å². The van der Waals surface area contributed by atoms with E-state index in [1.807, 2.05) is 6.92 Å². The number of rotatable bonds is 3. The highest BCUT2D eigenvalue weighted by Crippen LogP contribution is 2.24. The molecule has 0 aromatic heterocycles. The fourth-order valence-electron chi connectivity index (χ4n) is 3.31. The largest absolute Gasteiger partial charge is 0.373 e. The lowest BCUT2D eigenvalue weighted by molar-refractivity contribution is -0.0705. The molecule has 1 heterocycles. The SMILES string of the molecule is Cc1cc(C)c(CN2CC(C)OC(C)C2)c(C)c1C=O. The van der Waals surface area contributed by atoms with Crippen molar-refractivity contribution in [2.24, 2.45) is 0 Å². The van der Waals surface area contributed by atoms with Crippen molar-refractivity contribution in [2.45, 2.75) is 53.4 Å². The molecule has 1 aliphatic rings. The number of hydrogen-bond donors (Lipinski definition) is 0. The highest BCUT2D eigenvalue weighted by atomic mass is 16.5. The fourth-order valence-corrected chi connectivity index (χ4v) is 3.31. The van der Waals surface area contributed by atoms with E-state index in [2.05, 4.69) is 38.7 Å². The number of nitrogens with zero attached hydrogens (tertiary/aromatic N) is 1. The Morgan fingerprint density at radius 1 is 1.20 bits per heavy atom. The van der Waals surface area contributed by atoms with Crippen molar-refractivity contribution in [3.8, 4) is 0 Å². The molecule has 0 saturated carbocycles. The molecule has 1 aromatic carbocycles. The van der Waals surface area contributed by atoms with Gasteiger partial charge in [0, 0.05) is 25.2 Å². The normalized spacial score (nSPS) is 23.9. The van der Waals surface area contributed by atoms with Crippen LogP contribution in [-0.2, 0) is 11.3 Å². The van der Waals surface area contributed by atoms with Crippen molar-refractivity contribution >= 4 is 6.29 Å². The Morgan fingerprint density at radius 2 is 1.80 bits per heavy atom. The Balaban J connectivity index is 2.27. The van der Waals surface area contributed by atoms with Gasteiger partial charge >= 0.3 is 0 Å². The van der Waals surface area contributed by atoms with Crippen LogP contribution in [0, 0.1) is 20.8 Å². The van der Waals surface area contributed by atoms with Gasteiger partial charge in [-0.3, -0.25) is 9.69 Å². The number of ether oxygens (including phenoxy) is 1. The summed E-state index contributed by atoms with van der Waals surface area (Å²) in [5.41, 5.74) is 5.61. The van der Waals surface area contributed by atoms with Gasteiger partial charge in [-0.25, -0.2) is 0 Å². The van der Waals surface area contributed by atoms with E-state index in [0.29, 0.717) is 0 Å². The second kappa shape index (κ2) is 6.06. The Kier molecular flexibility index (Phi) is 4.61. The number of hydrogen-bond acceptors (Lipinski definition) is 3. The van der Waals surface area contributed by atoms with Gasteiger partial charge in [0.15, 0.2) is 6.29 Å². The Labute approximate surface area is 121 Å². The summed E-state index contributed by atoms with van der Waals surface area (Å²) in [5, 5.41) is 0. The monoisotopic (exact) mass is 275 g/mol. The van der Waals surface area contributed by atoms with Gasteiger partial charge in [-0.15, -0.1) is 0 Å². The molecule has 0 radical (unpaired) electrons. The lowest BCUT2D eigenvalue weighted by Crippen LogP contribution is -2.45. The van der Waals surface area contributed by atoms with Crippen molar-refractivity contribution in [1.29, 1.82) is 0 Å².